The molecule has 0 saturated carbocycles. The van der Waals surface area contributed by atoms with Gasteiger partial charge in [-0.3, -0.25) is 10.1 Å². The predicted molar refractivity (Wildman–Crippen MR) is 68.4 cm³/mol. The van der Waals surface area contributed by atoms with Crippen molar-refractivity contribution < 1.29 is 4.92 Å². The first kappa shape index (κ1) is 10.2. The molecule has 3 nitrogen and oxygen atoms in total. The number of hydrogen-bond acceptors (Lipinski definition) is 4. The van der Waals surface area contributed by atoms with Gasteiger partial charge in [-0.25, -0.2) is 0 Å². The Balaban J connectivity index is 2.79. The van der Waals surface area contributed by atoms with E-state index >= 15 is 0 Å². The van der Waals surface area contributed by atoms with Crippen LogP contribution in [0.4, 0.5) is 5.69 Å². The summed E-state index contributed by atoms with van der Waals surface area (Å²) >= 11 is 7.71. The molecule has 0 saturated heterocycles. The van der Waals surface area contributed by atoms with Gasteiger partial charge in [0.05, 0.1) is 8.49 Å². The van der Waals surface area contributed by atoms with Crippen molar-refractivity contribution in [3.05, 3.63) is 31.2 Å². The molecule has 0 spiro atoms. The molecule has 1 aromatic heterocycles. The second kappa shape index (κ2) is 3.67. The van der Waals surface area contributed by atoms with E-state index in [1.807, 2.05) is 28.0 Å². The lowest BCUT2D eigenvalue weighted by molar-refractivity contribution is -0.385. The molecule has 0 aliphatic carbocycles. The highest BCUT2D eigenvalue weighted by Gasteiger charge is 2.14. The number of benzene rings is 1. The second-order valence-electron chi connectivity index (χ2n) is 2.68. The highest BCUT2D eigenvalue weighted by atomic mass is 127. The van der Waals surface area contributed by atoms with E-state index in [1.54, 1.807) is 12.1 Å². The Labute approximate surface area is 103 Å². The Morgan fingerprint density at radius 1 is 1.50 bits per heavy atom. The van der Waals surface area contributed by atoms with E-state index in [2.05, 4.69) is 12.6 Å². The maximum atomic E-state index is 10.7. The van der Waals surface area contributed by atoms with E-state index in [9.17, 15) is 10.1 Å². The quantitative estimate of drug-likeness (QED) is 0.373. The van der Waals surface area contributed by atoms with Crippen molar-refractivity contribution in [1.82, 2.24) is 0 Å². The molecule has 1 aromatic carbocycles. The van der Waals surface area contributed by atoms with Crippen LogP contribution in [0.2, 0.25) is 0 Å². The Kier molecular flexibility index (Phi) is 2.67. The zero-order valence-corrected chi connectivity index (χ0v) is 10.6. The van der Waals surface area contributed by atoms with Gasteiger partial charge in [0.25, 0.3) is 5.69 Å². The topological polar surface area (TPSA) is 43.1 Å². The molecule has 72 valence electrons. The number of thiol groups is 1. The van der Waals surface area contributed by atoms with Gasteiger partial charge in [0, 0.05) is 26.4 Å². The lowest BCUT2D eigenvalue weighted by Crippen LogP contribution is -1.90. The van der Waals surface area contributed by atoms with Gasteiger partial charge in [0.15, 0.2) is 0 Å². The van der Waals surface area contributed by atoms with E-state index in [0.29, 0.717) is 3.57 Å². The average molecular weight is 337 g/mol. The third-order valence-corrected chi connectivity index (χ3v) is 4.17. The van der Waals surface area contributed by atoms with Crippen molar-refractivity contribution in [2.24, 2.45) is 0 Å². The van der Waals surface area contributed by atoms with Crippen LogP contribution in [0.15, 0.2) is 22.4 Å². The smallest absolute Gasteiger partial charge is 0.258 e. The molecule has 2 rings (SSSR count). The lowest BCUT2D eigenvalue weighted by atomic mass is 10.2. The third kappa shape index (κ3) is 1.61. The minimum atomic E-state index is -0.362. The van der Waals surface area contributed by atoms with Crippen LogP contribution in [0.5, 0.6) is 0 Å². The van der Waals surface area contributed by atoms with Crippen molar-refractivity contribution in [1.29, 1.82) is 0 Å². The summed E-state index contributed by atoms with van der Waals surface area (Å²) in [7, 11) is 0. The summed E-state index contributed by atoms with van der Waals surface area (Å²) in [6, 6.07) is 3.40. The van der Waals surface area contributed by atoms with Crippen LogP contribution < -0.4 is 0 Å². The van der Waals surface area contributed by atoms with E-state index in [0.717, 1.165) is 15.0 Å². The summed E-state index contributed by atoms with van der Waals surface area (Å²) < 4.78 is 1.55. The third-order valence-electron chi connectivity index (χ3n) is 1.82. The number of halogens is 1. The highest BCUT2D eigenvalue weighted by Crippen LogP contribution is 2.34. The molecule has 6 heteroatoms. The minimum absolute atomic E-state index is 0.160. The molecule has 2 aromatic rings. The molecule has 0 aliphatic heterocycles. The maximum Gasteiger partial charge on any atom is 0.284 e. The molecule has 0 amide bonds. The summed E-state index contributed by atoms with van der Waals surface area (Å²) in [5, 5.41) is 13.5. The Morgan fingerprint density at radius 3 is 2.86 bits per heavy atom. The molecule has 0 unspecified atom stereocenters. The molecule has 14 heavy (non-hydrogen) atoms. The number of fused-ring (bicyclic) bond motifs is 1. The predicted octanol–water partition coefficient (Wildman–Crippen LogP) is 3.70. The van der Waals surface area contributed by atoms with Gasteiger partial charge >= 0.3 is 0 Å². The standard InChI is InChI=1S/C8H4INO2S2/c9-5-1-4-7(13)3-14-8(4)2-6(5)10(11)12/h1-3,13H. The van der Waals surface area contributed by atoms with Gasteiger partial charge in [-0.15, -0.1) is 24.0 Å². The first-order valence-electron chi connectivity index (χ1n) is 3.63. The van der Waals surface area contributed by atoms with Gasteiger partial charge in [-0.05, 0) is 28.7 Å². The zero-order chi connectivity index (χ0) is 10.3. The van der Waals surface area contributed by atoms with Gasteiger partial charge in [-0.2, -0.15) is 0 Å². The molecule has 0 N–H and O–H groups in total. The van der Waals surface area contributed by atoms with Crippen LogP contribution in [0.3, 0.4) is 0 Å². The molecule has 0 bridgehead atoms. The Bertz CT molecular complexity index is 523. The number of nitro groups is 1. The lowest BCUT2D eigenvalue weighted by Gasteiger charge is -1.96. The molecule has 0 atom stereocenters. The van der Waals surface area contributed by atoms with Crippen molar-refractivity contribution in [3.8, 4) is 0 Å². The summed E-state index contributed by atoms with van der Waals surface area (Å²) in [5.41, 5.74) is 0.160. The first-order chi connectivity index (χ1) is 6.59. The number of hydrogen-bond donors (Lipinski definition) is 1. The fourth-order valence-corrected chi connectivity index (χ4v) is 3.09. The van der Waals surface area contributed by atoms with E-state index in [4.69, 9.17) is 0 Å². The molecule has 0 aliphatic rings. The average Bonchev–Trinajstić information content (AvgIpc) is 2.46. The van der Waals surface area contributed by atoms with E-state index in [1.165, 1.54) is 11.3 Å². The van der Waals surface area contributed by atoms with Crippen LogP contribution in [0.1, 0.15) is 0 Å². The minimum Gasteiger partial charge on any atom is -0.258 e. The number of nitro benzene ring substituents is 1. The monoisotopic (exact) mass is 337 g/mol. The van der Waals surface area contributed by atoms with Crippen LogP contribution in [-0.4, -0.2) is 4.92 Å². The van der Waals surface area contributed by atoms with Crippen LogP contribution in [-0.2, 0) is 0 Å². The van der Waals surface area contributed by atoms with Crippen LogP contribution in [0, 0.1) is 13.7 Å². The van der Waals surface area contributed by atoms with Crippen molar-refractivity contribution in [2.75, 3.05) is 0 Å². The fraction of sp³-hybridized carbons (Fsp3) is 0. The van der Waals surface area contributed by atoms with Gasteiger partial charge < -0.3 is 0 Å². The summed E-state index contributed by atoms with van der Waals surface area (Å²) in [6.45, 7) is 0. The molecule has 0 fully saturated rings. The molecular formula is C8H4INO2S2. The fourth-order valence-electron chi connectivity index (χ4n) is 1.16. The normalized spacial score (nSPS) is 10.7. The maximum absolute atomic E-state index is 10.7. The Morgan fingerprint density at radius 2 is 2.21 bits per heavy atom. The Hall–Kier alpha value is -0.340. The zero-order valence-electron chi connectivity index (χ0n) is 6.73. The van der Waals surface area contributed by atoms with Crippen molar-refractivity contribution >= 4 is 62.3 Å². The van der Waals surface area contributed by atoms with Crippen molar-refractivity contribution in [3.63, 3.8) is 0 Å². The summed E-state index contributed by atoms with van der Waals surface area (Å²) in [4.78, 5) is 11.2. The van der Waals surface area contributed by atoms with Crippen molar-refractivity contribution in [2.45, 2.75) is 4.90 Å². The molecule has 1 heterocycles. The summed E-state index contributed by atoms with van der Waals surface area (Å²) in [5.74, 6) is 0. The van der Waals surface area contributed by atoms with Gasteiger partial charge in [-0.1, -0.05) is 0 Å². The number of nitrogens with zero attached hydrogens (tertiary/aromatic N) is 1. The van der Waals surface area contributed by atoms with Crippen LogP contribution in [0.25, 0.3) is 10.1 Å². The number of thiophene rings is 1. The second-order valence-corrected chi connectivity index (χ2v) is 5.23. The van der Waals surface area contributed by atoms with E-state index < -0.39 is 0 Å². The van der Waals surface area contributed by atoms with Crippen LogP contribution >= 0.6 is 46.6 Å². The highest BCUT2D eigenvalue weighted by molar-refractivity contribution is 14.1. The molecule has 0 radical (unpaired) electrons. The summed E-state index contributed by atoms with van der Waals surface area (Å²) in [6.07, 6.45) is 0. The number of rotatable bonds is 1. The largest absolute Gasteiger partial charge is 0.284 e. The molecular weight excluding hydrogens is 333 g/mol. The van der Waals surface area contributed by atoms with Gasteiger partial charge in [0.1, 0.15) is 0 Å². The first-order valence-corrected chi connectivity index (χ1v) is 6.04. The van der Waals surface area contributed by atoms with Gasteiger partial charge in [0.2, 0.25) is 0 Å². The SMILES string of the molecule is O=[N+]([O-])c1cc2scc(S)c2cc1I. The van der Waals surface area contributed by atoms with E-state index in [-0.39, 0.29) is 10.6 Å².